The third-order valence-electron chi connectivity index (χ3n) is 5.16. The minimum atomic E-state index is -3.48. The fraction of sp³-hybridized carbons (Fsp3) is 0.273. The minimum absolute atomic E-state index is 0.0376. The molecule has 0 spiro atoms. The Morgan fingerprint density at radius 1 is 1.07 bits per heavy atom. The maximum absolute atomic E-state index is 12.7. The lowest BCUT2D eigenvalue weighted by atomic mass is 10.1. The summed E-state index contributed by atoms with van der Waals surface area (Å²) >= 11 is 0. The monoisotopic (exact) mass is 410 g/mol. The van der Waals surface area contributed by atoms with Gasteiger partial charge in [0.2, 0.25) is 0 Å². The van der Waals surface area contributed by atoms with Crippen molar-refractivity contribution in [3.63, 3.8) is 0 Å². The Hall–Kier alpha value is -2.93. The highest BCUT2D eigenvalue weighted by Crippen LogP contribution is 2.32. The molecule has 0 bridgehead atoms. The van der Waals surface area contributed by atoms with Crippen LogP contribution < -0.4 is 0 Å². The third kappa shape index (κ3) is 4.40. The smallest absolute Gasteiger partial charge is 0.338 e. The number of benzene rings is 2. The van der Waals surface area contributed by atoms with E-state index in [4.69, 9.17) is 4.74 Å². The summed E-state index contributed by atoms with van der Waals surface area (Å²) in [5.41, 5.74) is 0.912. The van der Waals surface area contributed by atoms with Gasteiger partial charge in [0.1, 0.15) is 6.10 Å². The number of sulfone groups is 1. The van der Waals surface area contributed by atoms with E-state index >= 15 is 0 Å². The van der Waals surface area contributed by atoms with Crippen molar-refractivity contribution in [1.29, 1.82) is 0 Å². The number of aromatic nitrogens is 2. The molecule has 0 aliphatic heterocycles. The summed E-state index contributed by atoms with van der Waals surface area (Å²) in [4.78, 5) is 13.0. The maximum Gasteiger partial charge on any atom is 0.338 e. The van der Waals surface area contributed by atoms with Crippen LogP contribution in [0.4, 0.5) is 0 Å². The largest absolute Gasteiger partial charge is 0.457 e. The van der Waals surface area contributed by atoms with Crippen LogP contribution in [-0.2, 0) is 20.3 Å². The molecule has 1 heterocycles. The second kappa shape index (κ2) is 8.21. The minimum Gasteiger partial charge on any atom is -0.457 e. The fourth-order valence-electron chi connectivity index (χ4n) is 3.75. The van der Waals surface area contributed by atoms with Crippen LogP contribution in [0, 0.1) is 0 Å². The van der Waals surface area contributed by atoms with Crippen LogP contribution in [0.1, 0.15) is 41.2 Å². The van der Waals surface area contributed by atoms with Crippen molar-refractivity contribution < 1.29 is 17.9 Å². The molecule has 1 aliphatic rings. The second-order valence-electron chi connectivity index (χ2n) is 7.20. The van der Waals surface area contributed by atoms with Crippen LogP contribution in [-0.4, -0.2) is 30.3 Å². The predicted molar refractivity (Wildman–Crippen MR) is 108 cm³/mol. The standard InChI is InChI=1S/C22H22N2O4S/c25-22(28-21-12-5-11-20(21)24-14-6-13-23-24)18-8-4-7-17(15-18)16-29(26,27)19-9-2-1-3-10-19/h1-4,6-10,13-15,20-21H,5,11-12,16H2/t20-,21-/m1/s1. The molecule has 6 nitrogen and oxygen atoms in total. The number of hydrogen-bond donors (Lipinski definition) is 0. The van der Waals surface area contributed by atoms with E-state index in [2.05, 4.69) is 5.10 Å². The van der Waals surface area contributed by atoms with Gasteiger partial charge in [0, 0.05) is 12.4 Å². The number of carbonyl (C=O) groups excluding carboxylic acids is 1. The van der Waals surface area contributed by atoms with Crippen molar-refractivity contribution >= 4 is 15.8 Å². The maximum atomic E-state index is 12.7. The molecule has 4 rings (SSSR count). The van der Waals surface area contributed by atoms with Crippen molar-refractivity contribution in [3.8, 4) is 0 Å². The average molecular weight is 410 g/mol. The molecule has 1 fully saturated rings. The summed E-state index contributed by atoms with van der Waals surface area (Å²) in [5.74, 6) is -0.606. The van der Waals surface area contributed by atoms with Crippen LogP contribution in [0.3, 0.4) is 0 Å². The third-order valence-corrected chi connectivity index (χ3v) is 6.87. The van der Waals surface area contributed by atoms with E-state index in [1.54, 1.807) is 60.8 Å². The molecule has 1 aromatic heterocycles. The van der Waals surface area contributed by atoms with Crippen LogP contribution in [0.25, 0.3) is 0 Å². The first-order valence-electron chi connectivity index (χ1n) is 9.60. The summed E-state index contributed by atoms with van der Waals surface area (Å²) < 4.78 is 32.8. The first-order valence-corrected chi connectivity index (χ1v) is 11.2. The van der Waals surface area contributed by atoms with Gasteiger partial charge >= 0.3 is 5.97 Å². The van der Waals surface area contributed by atoms with E-state index in [9.17, 15) is 13.2 Å². The quantitative estimate of drug-likeness (QED) is 0.578. The summed E-state index contributed by atoms with van der Waals surface area (Å²) in [6.45, 7) is 0. The van der Waals surface area contributed by atoms with E-state index in [-0.39, 0.29) is 22.8 Å². The molecule has 29 heavy (non-hydrogen) atoms. The molecule has 0 radical (unpaired) electrons. The number of nitrogens with zero attached hydrogens (tertiary/aromatic N) is 2. The van der Waals surface area contributed by atoms with E-state index in [0.29, 0.717) is 11.1 Å². The van der Waals surface area contributed by atoms with Crippen molar-refractivity contribution in [2.24, 2.45) is 0 Å². The molecular weight excluding hydrogens is 388 g/mol. The normalized spacial score (nSPS) is 19.2. The van der Waals surface area contributed by atoms with Crippen molar-refractivity contribution in [2.75, 3.05) is 0 Å². The van der Waals surface area contributed by atoms with Gasteiger partial charge < -0.3 is 4.74 Å². The van der Waals surface area contributed by atoms with Gasteiger partial charge in [-0.15, -0.1) is 0 Å². The lowest BCUT2D eigenvalue weighted by Crippen LogP contribution is -2.25. The summed E-state index contributed by atoms with van der Waals surface area (Å²) in [5, 5.41) is 4.27. The molecule has 7 heteroatoms. The van der Waals surface area contributed by atoms with Gasteiger partial charge in [-0.3, -0.25) is 4.68 Å². The van der Waals surface area contributed by atoms with Gasteiger partial charge in [-0.1, -0.05) is 30.3 Å². The Morgan fingerprint density at radius 2 is 1.90 bits per heavy atom. The Kier molecular flexibility index (Phi) is 5.49. The molecule has 1 aliphatic carbocycles. The molecular formula is C22H22N2O4S. The number of ether oxygens (including phenoxy) is 1. The van der Waals surface area contributed by atoms with Crippen molar-refractivity contribution in [1.82, 2.24) is 9.78 Å². The molecule has 1 saturated carbocycles. The highest BCUT2D eigenvalue weighted by atomic mass is 32.2. The topological polar surface area (TPSA) is 78.3 Å². The van der Waals surface area contributed by atoms with Crippen LogP contribution in [0.2, 0.25) is 0 Å². The van der Waals surface area contributed by atoms with Gasteiger partial charge in [-0.05, 0) is 55.2 Å². The average Bonchev–Trinajstić information content (AvgIpc) is 3.40. The van der Waals surface area contributed by atoms with Gasteiger partial charge in [0.15, 0.2) is 9.84 Å². The molecule has 0 amide bonds. The molecule has 0 unspecified atom stereocenters. The van der Waals surface area contributed by atoms with E-state index < -0.39 is 15.8 Å². The number of hydrogen-bond acceptors (Lipinski definition) is 5. The Labute approximate surface area is 170 Å². The highest BCUT2D eigenvalue weighted by Gasteiger charge is 2.32. The van der Waals surface area contributed by atoms with Gasteiger partial charge in [-0.2, -0.15) is 5.10 Å². The van der Waals surface area contributed by atoms with Crippen LogP contribution >= 0.6 is 0 Å². The second-order valence-corrected chi connectivity index (χ2v) is 9.19. The van der Waals surface area contributed by atoms with Crippen molar-refractivity contribution in [3.05, 3.63) is 84.2 Å². The lowest BCUT2D eigenvalue weighted by Gasteiger charge is -2.20. The number of esters is 1. The highest BCUT2D eigenvalue weighted by molar-refractivity contribution is 7.90. The molecule has 150 valence electrons. The van der Waals surface area contributed by atoms with E-state index in [1.807, 2.05) is 16.9 Å². The molecule has 0 saturated heterocycles. The molecule has 3 aromatic rings. The zero-order valence-electron chi connectivity index (χ0n) is 15.8. The number of rotatable bonds is 6. The summed E-state index contributed by atoms with van der Waals surface area (Å²) in [6.07, 6.45) is 6.03. The molecule has 2 aromatic carbocycles. The first-order chi connectivity index (χ1) is 14.0. The zero-order valence-corrected chi connectivity index (χ0v) is 16.7. The van der Waals surface area contributed by atoms with E-state index in [0.717, 1.165) is 19.3 Å². The van der Waals surface area contributed by atoms with Crippen molar-refractivity contribution in [2.45, 2.75) is 42.1 Å². The number of carbonyl (C=O) groups is 1. The van der Waals surface area contributed by atoms with Crippen LogP contribution in [0.15, 0.2) is 78.0 Å². The summed E-state index contributed by atoms with van der Waals surface area (Å²) in [7, 11) is -3.48. The Morgan fingerprint density at radius 3 is 2.66 bits per heavy atom. The van der Waals surface area contributed by atoms with Gasteiger partial charge in [-0.25, -0.2) is 13.2 Å². The first kappa shape index (κ1) is 19.4. The van der Waals surface area contributed by atoms with Crippen LogP contribution in [0.5, 0.6) is 0 Å². The molecule has 2 atom stereocenters. The lowest BCUT2D eigenvalue weighted by molar-refractivity contribution is 0.0209. The van der Waals surface area contributed by atoms with Gasteiger partial charge in [0.25, 0.3) is 0 Å². The zero-order chi connectivity index (χ0) is 20.3. The predicted octanol–water partition coefficient (Wildman–Crippen LogP) is 3.81. The summed E-state index contributed by atoms with van der Waals surface area (Å²) in [6, 6.07) is 16.8. The fourth-order valence-corrected chi connectivity index (χ4v) is 5.10. The van der Waals surface area contributed by atoms with Gasteiger partial charge in [0.05, 0.1) is 22.3 Å². The SMILES string of the molecule is O=C(O[C@@H]1CCC[C@H]1n1cccn1)c1cccc(CS(=O)(=O)c2ccccc2)c1. The van der Waals surface area contributed by atoms with E-state index in [1.165, 1.54) is 0 Å². The Bertz CT molecular complexity index is 1080. The Balaban J connectivity index is 1.48. The molecule has 0 N–H and O–H groups in total.